The number of halogens is 2. The molecule has 1 saturated heterocycles. The van der Waals surface area contributed by atoms with Gasteiger partial charge >= 0.3 is 5.97 Å². The van der Waals surface area contributed by atoms with Gasteiger partial charge in [0.25, 0.3) is 0 Å². The molecule has 1 aliphatic rings. The van der Waals surface area contributed by atoms with Crippen LogP contribution in [0.5, 0.6) is 0 Å². The summed E-state index contributed by atoms with van der Waals surface area (Å²) >= 11 is 12.2. The van der Waals surface area contributed by atoms with Crippen molar-refractivity contribution in [3.63, 3.8) is 0 Å². The van der Waals surface area contributed by atoms with Crippen molar-refractivity contribution in [3.8, 4) is 0 Å². The van der Waals surface area contributed by atoms with Crippen molar-refractivity contribution in [2.45, 2.75) is 32.7 Å². The summed E-state index contributed by atoms with van der Waals surface area (Å²) in [6, 6.07) is 4.30. The molecule has 0 saturated carbocycles. The third-order valence-corrected chi connectivity index (χ3v) is 5.41. The number of rotatable bonds is 5. The molecule has 6 nitrogen and oxygen atoms in total. The topological polar surface area (TPSA) is 86.7 Å². The zero-order valence-electron chi connectivity index (χ0n) is 15.2. The summed E-state index contributed by atoms with van der Waals surface area (Å²) in [7, 11) is 0. The Morgan fingerprint density at radius 2 is 1.89 bits per heavy atom. The van der Waals surface area contributed by atoms with Crippen molar-refractivity contribution < 1.29 is 19.5 Å². The number of carbonyl (C=O) groups is 3. The molecule has 8 heteroatoms. The fraction of sp³-hybridized carbons (Fsp3) is 0.421. The Morgan fingerprint density at radius 1 is 1.26 bits per heavy atom. The van der Waals surface area contributed by atoms with Crippen molar-refractivity contribution >= 4 is 47.1 Å². The standard InChI is InChI=1S/C19H22Cl2N2O4/c1-11(10-14-4-3-5-15(20)16(14)21)18(25)23-8-6-13(7-9-23)17(24)22-12(2)19(26)27/h3-5,10,12-13H,6-9H2,1-2H3,(H,22,24)(H,26,27)/t12-/m0/s1. The first-order valence-corrected chi connectivity index (χ1v) is 9.41. The second kappa shape index (κ2) is 9.24. The predicted octanol–water partition coefficient (Wildman–Crippen LogP) is 3.22. The number of carboxylic acids is 1. The molecular formula is C19H22Cl2N2O4. The highest BCUT2D eigenvalue weighted by Crippen LogP contribution is 2.28. The smallest absolute Gasteiger partial charge is 0.325 e. The Balaban J connectivity index is 1.96. The maximum Gasteiger partial charge on any atom is 0.325 e. The molecule has 0 aromatic heterocycles. The lowest BCUT2D eigenvalue weighted by molar-refractivity contribution is -0.142. The van der Waals surface area contributed by atoms with Gasteiger partial charge in [0.05, 0.1) is 10.0 Å². The lowest BCUT2D eigenvalue weighted by atomic mass is 9.95. The van der Waals surface area contributed by atoms with Gasteiger partial charge in [-0.2, -0.15) is 0 Å². The fourth-order valence-electron chi connectivity index (χ4n) is 2.91. The van der Waals surface area contributed by atoms with Gasteiger partial charge in [0.2, 0.25) is 11.8 Å². The van der Waals surface area contributed by atoms with Gasteiger partial charge < -0.3 is 15.3 Å². The van der Waals surface area contributed by atoms with Gasteiger partial charge in [0.15, 0.2) is 0 Å². The average molecular weight is 413 g/mol. The first-order valence-electron chi connectivity index (χ1n) is 8.65. The van der Waals surface area contributed by atoms with Crippen LogP contribution in [0.2, 0.25) is 10.0 Å². The summed E-state index contributed by atoms with van der Waals surface area (Å²) in [4.78, 5) is 37.3. The van der Waals surface area contributed by atoms with Crippen LogP contribution in [-0.2, 0) is 14.4 Å². The van der Waals surface area contributed by atoms with E-state index in [2.05, 4.69) is 5.32 Å². The van der Waals surface area contributed by atoms with Gasteiger partial charge in [-0.15, -0.1) is 0 Å². The molecule has 0 aliphatic carbocycles. The van der Waals surface area contributed by atoms with Crippen molar-refractivity contribution in [1.29, 1.82) is 0 Å². The first kappa shape index (κ1) is 21.3. The van der Waals surface area contributed by atoms with Crippen molar-refractivity contribution in [1.82, 2.24) is 10.2 Å². The second-order valence-corrected chi connectivity index (χ2v) is 7.39. The van der Waals surface area contributed by atoms with Gasteiger partial charge in [-0.1, -0.05) is 35.3 Å². The molecule has 0 bridgehead atoms. The van der Waals surface area contributed by atoms with E-state index in [4.69, 9.17) is 28.3 Å². The van der Waals surface area contributed by atoms with E-state index < -0.39 is 12.0 Å². The third-order valence-electron chi connectivity index (χ3n) is 4.57. The number of hydrogen-bond acceptors (Lipinski definition) is 3. The Kier molecular flexibility index (Phi) is 7.27. The molecule has 27 heavy (non-hydrogen) atoms. The second-order valence-electron chi connectivity index (χ2n) is 6.61. The zero-order valence-corrected chi connectivity index (χ0v) is 16.7. The number of aliphatic carboxylic acids is 1. The normalized spacial score (nSPS) is 16.7. The predicted molar refractivity (Wildman–Crippen MR) is 105 cm³/mol. The lowest BCUT2D eigenvalue weighted by Crippen LogP contribution is -2.46. The molecule has 146 valence electrons. The van der Waals surface area contributed by atoms with Crippen LogP contribution in [0.3, 0.4) is 0 Å². The highest BCUT2D eigenvalue weighted by atomic mass is 35.5. The summed E-state index contributed by atoms with van der Waals surface area (Å²) in [5.41, 5.74) is 1.20. The van der Waals surface area contributed by atoms with E-state index in [9.17, 15) is 14.4 Å². The Bertz CT molecular complexity index is 771. The van der Waals surface area contributed by atoms with Crippen LogP contribution in [0, 0.1) is 5.92 Å². The van der Waals surface area contributed by atoms with Crippen molar-refractivity contribution in [2.75, 3.05) is 13.1 Å². The van der Waals surface area contributed by atoms with E-state index in [1.54, 1.807) is 36.1 Å². The largest absolute Gasteiger partial charge is 0.480 e. The Labute approximate surface area is 168 Å². The monoisotopic (exact) mass is 412 g/mol. The van der Waals surface area contributed by atoms with Crippen LogP contribution in [0.15, 0.2) is 23.8 Å². The molecule has 1 heterocycles. The molecule has 2 N–H and O–H groups in total. The number of amides is 2. The van der Waals surface area contributed by atoms with Crippen LogP contribution in [0.1, 0.15) is 32.3 Å². The van der Waals surface area contributed by atoms with Crippen LogP contribution in [0.4, 0.5) is 0 Å². The number of piperidine rings is 1. The maximum atomic E-state index is 12.6. The number of benzene rings is 1. The lowest BCUT2D eigenvalue weighted by Gasteiger charge is -2.32. The maximum absolute atomic E-state index is 12.6. The first-order chi connectivity index (χ1) is 12.7. The van der Waals surface area contributed by atoms with E-state index >= 15 is 0 Å². The van der Waals surface area contributed by atoms with Gasteiger partial charge in [-0.3, -0.25) is 14.4 Å². The SMILES string of the molecule is CC(=Cc1cccc(Cl)c1Cl)C(=O)N1CCC(C(=O)N[C@@H](C)C(=O)O)CC1. The minimum absolute atomic E-state index is 0.121. The van der Waals surface area contributed by atoms with Crippen LogP contribution in [-0.4, -0.2) is 46.9 Å². The number of likely N-dealkylation sites (tertiary alicyclic amines) is 1. The number of nitrogens with one attached hydrogen (secondary N) is 1. The minimum atomic E-state index is -1.07. The Morgan fingerprint density at radius 3 is 2.48 bits per heavy atom. The van der Waals surface area contributed by atoms with E-state index in [1.165, 1.54) is 6.92 Å². The number of carboxylic acid groups (broad SMARTS) is 1. The van der Waals surface area contributed by atoms with Gasteiger partial charge in [-0.05, 0) is 44.4 Å². The number of hydrogen-bond donors (Lipinski definition) is 2. The van der Waals surface area contributed by atoms with Gasteiger partial charge in [0.1, 0.15) is 6.04 Å². The summed E-state index contributed by atoms with van der Waals surface area (Å²) in [6.07, 6.45) is 2.69. The minimum Gasteiger partial charge on any atom is -0.480 e. The molecule has 2 amide bonds. The van der Waals surface area contributed by atoms with E-state index in [0.717, 1.165) is 0 Å². The molecule has 0 spiro atoms. The highest BCUT2D eigenvalue weighted by molar-refractivity contribution is 6.42. The molecule has 0 radical (unpaired) electrons. The molecule has 1 aliphatic heterocycles. The van der Waals surface area contributed by atoms with Crippen LogP contribution in [0.25, 0.3) is 6.08 Å². The average Bonchev–Trinajstić information content (AvgIpc) is 2.64. The van der Waals surface area contributed by atoms with Crippen LogP contribution < -0.4 is 5.32 Å². The van der Waals surface area contributed by atoms with Gasteiger partial charge in [-0.25, -0.2) is 0 Å². The highest BCUT2D eigenvalue weighted by Gasteiger charge is 2.29. The molecule has 2 rings (SSSR count). The third kappa shape index (κ3) is 5.47. The van der Waals surface area contributed by atoms with Gasteiger partial charge in [0, 0.05) is 24.6 Å². The fourth-order valence-corrected chi connectivity index (χ4v) is 3.28. The summed E-state index contributed by atoms with van der Waals surface area (Å²) in [5.74, 6) is -1.77. The molecular weight excluding hydrogens is 391 g/mol. The number of nitrogens with zero attached hydrogens (tertiary/aromatic N) is 1. The molecule has 0 unspecified atom stereocenters. The quantitative estimate of drug-likeness (QED) is 0.726. The zero-order chi connectivity index (χ0) is 20.1. The molecule has 1 aromatic carbocycles. The van der Waals surface area contributed by atoms with E-state index in [0.29, 0.717) is 47.1 Å². The summed E-state index contributed by atoms with van der Waals surface area (Å²) < 4.78 is 0. The van der Waals surface area contributed by atoms with E-state index in [1.807, 2.05) is 0 Å². The molecule has 1 fully saturated rings. The van der Waals surface area contributed by atoms with Crippen molar-refractivity contribution in [3.05, 3.63) is 39.4 Å². The summed E-state index contributed by atoms with van der Waals surface area (Å²) in [5, 5.41) is 12.2. The molecule has 1 aromatic rings. The molecule has 1 atom stereocenters. The van der Waals surface area contributed by atoms with E-state index in [-0.39, 0.29) is 17.7 Å². The number of carbonyl (C=O) groups excluding carboxylic acids is 2. The van der Waals surface area contributed by atoms with Crippen molar-refractivity contribution in [2.24, 2.45) is 5.92 Å². The Hall–Kier alpha value is -2.05. The summed E-state index contributed by atoms with van der Waals surface area (Å²) in [6.45, 7) is 4.01. The van der Waals surface area contributed by atoms with Crippen LogP contribution >= 0.6 is 23.2 Å².